The predicted octanol–water partition coefficient (Wildman–Crippen LogP) is 7.23. The van der Waals surface area contributed by atoms with Gasteiger partial charge in [0, 0.05) is 29.7 Å². The van der Waals surface area contributed by atoms with Crippen molar-refractivity contribution in [1.82, 2.24) is 0 Å². The molecule has 0 radical (unpaired) electrons. The van der Waals surface area contributed by atoms with Gasteiger partial charge in [-0.05, 0) is 55.0 Å². The third-order valence-corrected chi connectivity index (χ3v) is 7.77. The molecule has 0 heterocycles. The van der Waals surface area contributed by atoms with E-state index < -0.39 is 18.4 Å². The number of benzene rings is 2. The third kappa shape index (κ3) is 11.3. The Labute approximate surface area is 234 Å². The molecule has 0 amide bonds. The van der Waals surface area contributed by atoms with Crippen molar-refractivity contribution in [3.05, 3.63) is 53.6 Å². The van der Waals surface area contributed by atoms with Gasteiger partial charge in [0.25, 0.3) is 0 Å². The molecule has 0 saturated carbocycles. The van der Waals surface area contributed by atoms with Gasteiger partial charge in [0.15, 0.2) is 0 Å². The molecule has 0 aliphatic carbocycles. The molecule has 0 aromatic heterocycles. The van der Waals surface area contributed by atoms with Gasteiger partial charge in [0.1, 0.15) is 12.5 Å². The highest BCUT2D eigenvalue weighted by molar-refractivity contribution is 7.98. The van der Waals surface area contributed by atoms with Gasteiger partial charge in [-0.2, -0.15) is 0 Å². The van der Waals surface area contributed by atoms with Crippen molar-refractivity contribution in [2.75, 3.05) is 30.6 Å². The maximum Gasteiger partial charge on any atom is 0.339 e. The Hall–Kier alpha value is -2.22. The number of rotatable bonds is 19. The number of hydrogen-bond donors (Lipinski definition) is 3. The summed E-state index contributed by atoms with van der Waals surface area (Å²) < 4.78 is 4.87. The Kier molecular flexibility index (Phi) is 15.3. The fourth-order valence-corrected chi connectivity index (χ4v) is 5.15. The molecule has 2 atom stereocenters. The second-order valence-corrected chi connectivity index (χ2v) is 10.8. The van der Waals surface area contributed by atoms with Gasteiger partial charge in [-0.3, -0.25) is 0 Å². The SMILES string of the molecule is CCCCCCCCCCCCC(O)N(C)c1ccc(CC(O)Nc2ccc(SC)c(C(=O)OC)c2)cc1. The van der Waals surface area contributed by atoms with Gasteiger partial charge in [-0.1, -0.05) is 76.8 Å². The molecule has 0 aliphatic rings. The number of anilines is 2. The summed E-state index contributed by atoms with van der Waals surface area (Å²) in [4.78, 5) is 14.8. The molecular weight excluding hydrogens is 496 g/mol. The van der Waals surface area contributed by atoms with Crippen LogP contribution in [0.2, 0.25) is 0 Å². The summed E-state index contributed by atoms with van der Waals surface area (Å²) >= 11 is 1.47. The number of hydrogen-bond acceptors (Lipinski definition) is 7. The van der Waals surface area contributed by atoms with E-state index in [-0.39, 0.29) is 0 Å². The van der Waals surface area contributed by atoms with Crippen LogP contribution < -0.4 is 10.2 Å². The zero-order valence-corrected chi connectivity index (χ0v) is 24.6. The molecule has 38 heavy (non-hydrogen) atoms. The molecule has 0 bridgehead atoms. The fraction of sp³-hybridized carbons (Fsp3) is 0.581. The zero-order valence-electron chi connectivity index (χ0n) is 23.7. The van der Waals surface area contributed by atoms with Crippen LogP contribution in [0.25, 0.3) is 0 Å². The Balaban J connectivity index is 1.74. The molecule has 0 fully saturated rings. The first-order valence-electron chi connectivity index (χ1n) is 14.1. The minimum Gasteiger partial charge on any atom is -0.465 e. The van der Waals surface area contributed by atoms with E-state index in [4.69, 9.17) is 4.74 Å². The molecule has 212 valence electrons. The highest BCUT2D eigenvalue weighted by Crippen LogP contribution is 2.25. The van der Waals surface area contributed by atoms with E-state index in [1.807, 2.05) is 54.6 Å². The molecule has 2 aromatic rings. The summed E-state index contributed by atoms with van der Waals surface area (Å²) in [6, 6.07) is 13.3. The molecule has 2 aromatic carbocycles. The van der Waals surface area contributed by atoms with Crippen LogP contribution in [0.15, 0.2) is 47.4 Å². The lowest BCUT2D eigenvalue weighted by molar-refractivity contribution is 0.0596. The summed E-state index contributed by atoms with van der Waals surface area (Å²) in [6.07, 6.45) is 14.6. The number of carbonyl (C=O) groups excluding carboxylic acids is 1. The number of unbranched alkanes of at least 4 members (excludes halogenated alkanes) is 9. The van der Waals surface area contributed by atoms with Crippen LogP contribution in [0.4, 0.5) is 11.4 Å². The van der Waals surface area contributed by atoms with Gasteiger partial charge in [-0.15, -0.1) is 11.8 Å². The lowest BCUT2D eigenvalue weighted by Gasteiger charge is -2.26. The average Bonchev–Trinajstić information content (AvgIpc) is 2.93. The van der Waals surface area contributed by atoms with Gasteiger partial charge >= 0.3 is 5.97 Å². The molecular formula is C31H48N2O4S. The van der Waals surface area contributed by atoms with Crippen LogP contribution in [0.3, 0.4) is 0 Å². The summed E-state index contributed by atoms with van der Waals surface area (Å²) in [5.74, 6) is -0.400. The molecule has 0 aliphatic heterocycles. The molecule has 2 rings (SSSR count). The van der Waals surface area contributed by atoms with E-state index in [0.717, 1.165) is 29.0 Å². The van der Waals surface area contributed by atoms with Gasteiger partial charge in [0.2, 0.25) is 0 Å². The Bertz CT molecular complexity index is 938. The second kappa shape index (κ2) is 18.1. The van der Waals surface area contributed by atoms with Crippen LogP contribution in [0.1, 0.15) is 93.5 Å². The monoisotopic (exact) mass is 544 g/mol. The quantitative estimate of drug-likeness (QED) is 0.0744. The number of nitrogens with zero attached hydrogens (tertiary/aromatic N) is 1. The van der Waals surface area contributed by atoms with Crippen LogP contribution in [0, 0.1) is 0 Å². The van der Waals surface area contributed by atoms with E-state index in [1.54, 1.807) is 6.07 Å². The predicted molar refractivity (Wildman–Crippen MR) is 160 cm³/mol. The molecule has 3 N–H and O–H groups in total. The van der Waals surface area contributed by atoms with Crippen molar-refractivity contribution < 1.29 is 19.7 Å². The maximum atomic E-state index is 12.1. The zero-order chi connectivity index (χ0) is 27.8. The van der Waals surface area contributed by atoms with Crippen molar-refractivity contribution in [3.63, 3.8) is 0 Å². The smallest absolute Gasteiger partial charge is 0.339 e. The largest absolute Gasteiger partial charge is 0.465 e. The summed E-state index contributed by atoms with van der Waals surface area (Å²) in [7, 11) is 3.28. The summed E-state index contributed by atoms with van der Waals surface area (Å²) in [5.41, 5.74) is 3.05. The van der Waals surface area contributed by atoms with Crippen molar-refractivity contribution in [3.8, 4) is 0 Å². The number of esters is 1. The normalized spacial score (nSPS) is 12.7. The van der Waals surface area contributed by atoms with E-state index in [0.29, 0.717) is 17.7 Å². The molecule has 6 nitrogen and oxygen atoms in total. The van der Waals surface area contributed by atoms with Crippen molar-refractivity contribution in [2.45, 2.75) is 101 Å². The Morgan fingerprint density at radius 2 is 1.55 bits per heavy atom. The lowest BCUT2D eigenvalue weighted by atomic mass is 10.1. The van der Waals surface area contributed by atoms with Crippen LogP contribution in [0.5, 0.6) is 0 Å². The number of nitrogens with one attached hydrogen (secondary N) is 1. The van der Waals surface area contributed by atoms with Crippen molar-refractivity contribution >= 4 is 29.1 Å². The number of aliphatic hydroxyl groups excluding tert-OH is 2. The summed E-state index contributed by atoms with van der Waals surface area (Å²) in [5, 5.41) is 24.3. The number of carbonyl (C=O) groups is 1. The lowest BCUT2D eigenvalue weighted by Crippen LogP contribution is -2.31. The number of aliphatic hydroxyl groups is 2. The Morgan fingerprint density at radius 1 is 0.947 bits per heavy atom. The topological polar surface area (TPSA) is 82.0 Å². The minimum atomic E-state index is -0.814. The number of ether oxygens (including phenoxy) is 1. The van der Waals surface area contributed by atoms with E-state index >= 15 is 0 Å². The Morgan fingerprint density at radius 3 is 2.13 bits per heavy atom. The average molecular weight is 545 g/mol. The first kappa shape index (κ1) is 32.0. The first-order chi connectivity index (χ1) is 18.4. The number of methoxy groups -OCH3 is 1. The first-order valence-corrected chi connectivity index (χ1v) is 15.3. The number of thioether (sulfide) groups is 1. The molecule has 0 spiro atoms. The van der Waals surface area contributed by atoms with E-state index in [9.17, 15) is 15.0 Å². The highest BCUT2D eigenvalue weighted by Gasteiger charge is 2.15. The highest BCUT2D eigenvalue weighted by atomic mass is 32.2. The third-order valence-electron chi connectivity index (χ3n) is 6.97. The van der Waals surface area contributed by atoms with E-state index in [1.165, 1.54) is 76.7 Å². The molecule has 2 unspecified atom stereocenters. The molecule has 0 saturated heterocycles. The minimum absolute atomic E-state index is 0.400. The van der Waals surface area contributed by atoms with Gasteiger partial charge in [-0.25, -0.2) is 4.79 Å². The fourth-order valence-electron chi connectivity index (χ4n) is 4.58. The van der Waals surface area contributed by atoms with E-state index in [2.05, 4.69) is 12.2 Å². The van der Waals surface area contributed by atoms with Crippen LogP contribution in [-0.4, -0.2) is 49.1 Å². The van der Waals surface area contributed by atoms with Crippen molar-refractivity contribution in [1.29, 1.82) is 0 Å². The maximum absolute atomic E-state index is 12.1. The van der Waals surface area contributed by atoms with Crippen LogP contribution >= 0.6 is 11.8 Å². The standard InChI is InChI=1S/C31H48N2O4S/c1-5-6-7-8-9-10-11-12-13-14-15-30(35)33(2)26-19-16-24(17-20-26)22-29(34)32-25-18-21-28(38-4)27(23-25)31(36)37-3/h16-21,23,29-30,32,34-35H,5-15,22H2,1-4H3. The van der Waals surface area contributed by atoms with Gasteiger partial charge < -0.3 is 25.2 Å². The van der Waals surface area contributed by atoms with Crippen LogP contribution in [-0.2, 0) is 11.2 Å². The van der Waals surface area contributed by atoms with Gasteiger partial charge in [0.05, 0.1) is 12.7 Å². The molecule has 7 heteroatoms. The van der Waals surface area contributed by atoms with Crippen molar-refractivity contribution in [2.24, 2.45) is 0 Å². The second-order valence-electron chi connectivity index (χ2n) is 10.00. The summed E-state index contributed by atoms with van der Waals surface area (Å²) in [6.45, 7) is 2.25.